The van der Waals surface area contributed by atoms with Crippen LogP contribution in [0.1, 0.15) is 29.2 Å². The van der Waals surface area contributed by atoms with E-state index in [9.17, 15) is 42.9 Å². The van der Waals surface area contributed by atoms with Crippen LogP contribution in [0.15, 0.2) is 66.7 Å². The van der Waals surface area contributed by atoms with Crippen molar-refractivity contribution in [2.45, 2.75) is 63.5 Å². The third-order valence-corrected chi connectivity index (χ3v) is 7.64. The van der Waals surface area contributed by atoms with Crippen LogP contribution in [0.25, 0.3) is 11.1 Å². The highest BCUT2D eigenvalue weighted by Gasteiger charge is 2.47. The molecule has 16 heteroatoms. The molecule has 3 aromatic carbocycles. The molecule has 3 aromatic rings. The molecule has 264 valence electrons. The number of carbonyl (C=O) groups excluding carboxylic acids is 2. The number of nitrogens with one attached hydrogen (secondary N) is 1. The van der Waals surface area contributed by atoms with Crippen molar-refractivity contribution >= 4 is 18.2 Å². The predicted molar refractivity (Wildman–Crippen MR) is 164 cm³/mol. The van der Waals surface area contributed by atoms with E-state index in [1.165, 1.54) is 36.3 Å². The summed E-state index contributed by atoms with van der Waals surface area (Å²) in [6.45, 7) is 1.84. The third kappa shape index (κ3) is 9.38. The monoisotopic (exact) mass is 692 g/mol. The molecule has 0 bridgehead atoms. The zero-order valence-corrected chi connectivity index (χ0v) is 26.3. The molecular formula is C33H35F3N2O11. The number of halogens is 3. The average Bonchev–Trinajstić information content (AvgIpc) is 3.07. The first-order chi connectivity index (χ1) is 23.2. The smallest absolute Gasteiger partial charge is 0.496 e. The average molecular weight is 693 g/mol. The first-order valence-corrected chi connectivity index (χ1v) is 14.9. The summed E-state index contributed by atoms with van der Waals surface area (Å²) in [6, 6.07) is 16.1. The van der Waals surface area contributed by atoms with Crippen LogP contribution in [0.4, 0.5) is 22.8 Å². The molecule has 5 atom stereocenters. The minimum atomic E-state index is -4.68. The van der Waals surface area contributed by atoms with Crippen molar-refractivity contribution in [2.24, 2.45) is 0 Å². The van der Waals surface area contributed by atoms with Gasteiger partial charge in [0.25, 0.3) is 0 Å². The number of rotatable bonds is 11. The van der Waals surface area contributed by atoms with Crippen LogP contribution >= 0.6 is 0 Å². The molecule has 0 unspecified atom stereocenters. The van der Waals surface area contributed by atoms with Crippen LogP contribution in [0.5, 0.6) is 5.75 Å². The summed E-state index contributed by atoms with van der Waals surface area (Å²) in [6.07, 6.45) is -16.8. The summed E-state index contributed by atoms with van der Waals surface area (Å²) in [5.41, 5.74) is 0.891. The zero-order valence-electron chi connectivity index (χ0n) is 26.3. The van der Waals surface area contributed by atoms with E-state index in [1.54, 1.807) is 6.92 Å². The highest BCUT2D eigenvalue weighted by atomic mass is 19.4. The molecule has 1 heterocycles. The van der Waals surface area contributed by atoms with E-state index in [0.29, 0.717) is 5.56 Å². The number of esters is 1. The number of aliphatic hydroxyl groups is 3. The van der Waals surface area contributed by atoms with E-state index >= 15 is 0 Å². The minimum Gasteiger partial charge on any atom is -0.496 e. The van der Waals surface area contributed by atoms with Crippen molar-refractivity contribution in [3.8, 4) is 16.9 Å². The van der Waals surface area contributed by atoms with E-state index in [4.69, 9.17) is 19.3 Å². The second kappa shape index (κ2) is 16.0. The van der Waals surface area contributed by atoms with Gasteiger partial charge in [-0.1, -0.05) is 42.5 Å². The maximum Gasteiger partial charge on any atom is 0.508 e. The number of urea groups is 1. The van der Waals surface area contributed by atoms with Crippen molar-refractivity contribution < 1.29 is 66.9 Å². The van der Waals surface area contributed by atoms with E-state index in [0.717, 1.165) is 17.7 Å². The van der Waals surface area contributed by atoms with Crippen LogP contribution in [-0.2, 0) is 44.7 Å². The number of aliphatic hydroxyl groups excluding tert-OH is 3. The molecule has 0 aliphatic carbocycles. The van der Waals surface area contributed by atoms with Gasteiger partial charge in [0.2, 0.25) is 12.6 Å². The van der Waals surface area contributed by atoms with Gasteiger partial charge in [0.05, 0.1) is 19.1 Å². The number of methoxy groups -OCH3 is 1. The Balaban J connectivity index is 1.60. The van der Waals surface area contributed by atoms with E-state index in [2.05, 4.69) is 10.1 Å². The molecule has 49 heavy (non-hydrogen) atoms. The topological polar surface area (TPSA) is 184 Å². The highest BCUT2D eigenvalue weighted by molar-refractivity contribution is 5.79. The lowest BCUT2D eigenvalue weighted by molar-refractivity contribution is -0.331. The fourth-order valence-corrected chi connectivity index (χ4v) is 5.11. The van der Waals surface area contributed by atoms with Crippen LogP contribution in [0.3, 0.4) is 0 Å². The summed E-state index contributed by atoms with van der Waals surface area (Å²) in [5.74, 6) is -0.774. The Morgan fingerprint density at radius 3 is 2.16 bits per heavy atom. The maximum absolute atomic E-state index is 13.8. The molecule has 13 nitrogen and oxygen atoms in total. The Kier molecular flexibility index (Phi) is 12.1. The number of nitrogens with zero attached hydrogens (tertiary/aromatic N) is 1. The van der Waals surface area contributed by atoms with Gasteiger partial charge < -0.3 is 44.9 Å². The lowest BCUT2D eigenvalue weighted by Crippen LogP contribution is -2.59. The molecule has 0 radical (unpaired) electrons. The second-order valence-corrected chi connectivity index (χ2v) is 11.0. The van der Waals surface area contributed by atoms with Crippen LogP contribution < -0.4 is 10.1 Å². The number of amides is 2. The fourth-order valence-electron chi connectivity index (χ4n) is 5.11. The molecule has 0 spiro atoms. The molecule has 4 rings (SSSR count). The first-order valence-electron chi connectivity index (χ1n) is 14.9. The van der Waals surface area contributed by atoms with Crippen molar-refractivity contribution in [3.05, 3.63) is 89.0 Å². The predicted octanol–water partition coefficient (Wildman–Crippen LogP) is 3.66. The van der Waals surface area contributed by atoms with Gasteiger partial charge in [-0.05, 0) is 53.4 Å². The quantitative estimate of drug-likeness (QED) is 0.185. The van der Waals surface area contributed by atoms with Gasteiger partial charge in [0.15, 0.2) is 0 Å². The number of benzene rings is 3. The van der Waals surface area contributed by atoms with Gasteiger partial charge in [0, 0.05) is 25.2 Å². The molecule has 1 saturated heterocycles. The molecule has 1 fully saturated rings. The van der Waals surface area contributed by atoms with Crippen molar-refractivity contribution in [3.63, 3.8) is 0 Å². The summed E-state index contributed by atoms with van der Waals surface area (Å²) in [5, 5.41) is 41.8. The number of hydrogen-bond acceptors (Lipinski definition) is 10. The second-order valence-electron chi connectivity index (χ2n) is 11.0. The molecule has 0 aromatic heterocycles. The number of alkyl halides is 3. The largest absolute Gasteiger partial charge is 0.508 e. The Labute approximate surface area is 278 Å². The number of ether oxygens (including phenoxy) is 4. The molecule has 1 aliphatic heterocycles. The highest BCUT2D eigenvalue weighted by Crippen LogP contribution is 2.38. The van der Waals surface area contributed by atoms with Crippen molar-refractivity contribution in [1.29, 1.82) is 0 Å². The Morgan fingerprint density at radius 1 is 0.878 bits per heavy atom. The summed E-state index contributed by atoms with van der Waals surface area (Å²) < 4.78 is 61.4. The Hall–Kier alpha value is -4.90. The first kappa shape index (κ1) is 36.9. The van der Waals surface area contributed by atoms with Crippen molar-refractivity contribution in [2.75, 3.05) is 13.7 Å². The number of carboxylic acid groups (broad SMARTS) is 1. The van der Waals surface area contributed by atoms with Gasteiger partial charge in [0.1, 0.15) is 24.1 Å². The van der Waals surface area contributed by atoms with E-state index in [1.807, 2.05) is 30.3 Å². The third-order valence-electron chi connectivity index (χ3n) is 7.64. The molecule has 5 N–H and O–H groups in total. The molecular weight excluding hydrogens is 657 g/mol. The lowest BCUT2D eigenvalue weighted by Gasteiger charge is -2.38. The van der Waals surface area contributed by atoms with Gasteiger partial charge >= 0.3 is 24.3 Å². The molecule has 1 aliphatic rings. The lowest BCUT2D eigenvalue weighted by atomic mass is 9.94. The summed E-state index contributed by atoms with van der Waals surface area (Å²) >= 11 is 0. The standard InChI is InChI=1S/C33H35F3N2O11/c1-3-38(31(43)37-16-18-7-5-4-6-8-18)17-20-15-21(33(34,35)36)10-11-22(20)23-13-19(9-12-24(23)46-2)14-25(39)47-29-27(41)26(40)28(42)30(48-29)49-32(44)45/h4-13,15,26-30,40-42H,3,14,16-17H2,1-2H3,(H,37,43)(H,44,45)/t26-,27+,28-,29+,30-/m0/s1. The molecule has 2 amide bonds. The van der Waals surface area contributed by atoms with Crippen LogP contribution in [0.2, 0.25) is 0 Å². The Morgan fingerprint density at radius 2 is 1.55 bits per heavy atom. The molecule has 0 saturated carbocycles. The van der Waals surface area contributed by atoms with E-state index < -0.39 is 67.2 Å². The number of hydrogen-bond donors (Lipinski definition) is 5. The number of carbonyl (C=O) groups is 3. The maximum atomic E-state index is 13.8. The summed E-state index contributed by atoms with van der Waals surface area (Å²) in [4.78, 5) is 38.2. The minimum absolute atomic E-state index is 0.139. The van der Waals surface area contributed by atoms with Crippen LogP contribution in [0, 0.1) is 0 Å². The Bertz CT molecular complexity index is 1620. The zero-order chi connectivity index (χ0) is 35.9. The van der Waals surface area contributed by atoms with Gasteiger partial charge in [-0.25, -0.2) is 9.59 Å². The fraction of sp³-hybridized carbons (Fsp3) is 0.364. The van der Waals surface area contributed by atoms with Crippen LogP contribution in [-0.4, -0.2) is 88.0 Å². The van der Waals surface area contributed by atoms with E-state index in [-0.39, 0.29) is 42.1 Å². The van der Waals surface area contributed by atoms with Crippen molar-refractivity contribution in [1.82, 2.24) is 10.2 Å². The van der Waals surface area contributed by atoms with Gasteiger partial charge in [-0.15, -0.1) is 0 Å². The summed E-state index contributed by atoms with van der Waals surface area (Å²) in [7, 11) is 1.35. The SMILES string of the molecule is CCN(Cc1cc(C(F)(F)F)ccc1-c1cc(CC(=O)O[C@@H]2O[C@@H](OC(=O)O)[C@@H](O)[C@@H](O)[C@H]2O)ccc1OC)C(=O)NCc1ccccc1. The van der Waals surface area contributed by atoms with Gasteiger partial charge in [-0.2, -0.15) is 13.2 Å². The van der Waals surface area contributed by atoms with Gasteiger partial charge in [-0.3, -0.25) is 9.53 Å². The normalized spacial score (nSPS) is 20.6.